The largest absolute Gasteiger partial charge is 0.0628 e. The van der Waals surface area contributed by atoms with Gasteiger partial charge in [-0.05, 0) is 24.7 Å². The van der Waals surface area contributed by atoms with Gasteiger partial charge in [-0.15, -0.1) is 0 Å². The summed E-state index contributed by atoms with van der Waals surface area (Å²) in [5.74, 6) is 1.63. The van der Waals surface area contributed by atoms with Crippen LogP contribution < -0.4 is 0 Å². The van der Waals surface area contributed by atoms with Crippen molar-refractivity contribution in [3.05, 3.63) is 6.42 Å². The van der Waals surface area contributed by atoms with Crippen LogP contribution in [0, 0.1) is 18.3 Å². The Bertz CT molecular complexity index is 45.1. The normalized spacial score (nSPS) is 11.3. The van der Waals surface area contributed by atoms with E-state index in [1.54, 1.807) is 0 Å². The molecule has 0 amide bonds. The molecule has 0 bridgehead atoms. The summed E-state index contributed by atoms with van der Waals surface area (Å²) < 4.78 is 0. The SMILES string of the molecule is CC(C)[CH]CCC(C)C. The van der Waals surface area contributed by atoms with Crippen molar-refractivity contribution in [2.75, 3.05) is 0 Å². The summed E-state index contributed by atoms with van der Waals surface area (Å²) in [6.07, 6.45) is 5.02. The maximum Gasteiger partial charge on any atom is -0.0360 e. The molecule has 55 valence electrons. The first-order valence-electron chi connectivity index (χ1n) is 3.96. The predicted octanol–water partition coefficient (Wildman–Crippen LogP) is 3.28. The molecule has 0 aliphatic carbocycles. The third kappa shape index (κ3) is 8.00. The molecule has 0 heteroatoms. The van der Waals surface area contributed by atoms with Gasteiger partial charge in [-0.2, -0.15) is 0 Å². The van der Waals surface area contributed by atoms with E-state index in [9.17, 15) is 0 Å². The van der Waals surface area contributed by atoms with E-state index in [1.807, 2.05) is 0 Å². The summed E-state index contributed by atoms with van der Waals surface area (Å²) in [6, 6.07) is 0. The van der Waals surface area contributed by atoms with Crippen molar-refractivity contribution < 1.29 is 0 Å². The third-order valence-electron chi connectivity index (χ3n) is 1.38. The summed E-state index contributed by atoms with van der Waals surface area (Å²) >= 11 is 0. The zero-order chi connectivity index (χ0) is 7.28. The van der Waals surface area contributed by atoms with Gasteiger partial charge in [-0.3, -0.25) is 0 Å². The standard InChI is InChI=1S/C9H19/c1-8(2)6-5-7-9(3)4/h6,8-9H,5,7H2,1-4H3. The molecule has 0 aromatic rings. The van der Waals surface area contributed by atoms with Crippen molar-refractivity contribution in [1.82, 2.24) is 0 Å². The van der Waals surface area contributed by atoms with Gasteiger partial charge in [0.05, 0.1) is 0 Å². The smallest absolute Gasteiger partial charge is 0.0360 e. The molecular formula is C9H19. The number of rotatable bonds is 4. The van der Waals surface area contributed by atoms with Gasteiger partial charge in [-0.25, -0.2) is 0 Å². The molecule has 0 rings (SSSR count). The molecule has 0 saturated heterocycles. The topological polar surface area (TPSA) is 0 Å². The Morgan fingerprint density at radius 1 is 1.11 bits per heavy atom. The first kappa shape index (κ1) is 9.00. The fraction of sp³-hybridized carbons (Fsp3) is 0.889. The van der Waals surface area contributed by atoms with Gasteiger partial charge in [0, 0.05) is 0 Å². The molecule has 0 fully saturated rings. The van der Waals surface area contributed by atoms with Gasteiger partial charge < -0.3 is 0 Å². The second-order valence-electron chi connectivity index (χ2n) is 3.45. The van der Waals surface area contributed by atoms with E-state index in [0.29, 0.717) is 0 Å². The molecule has 0 saturated carbocycles. The monoisotopic (exact) mass is 127 g/mol. The van der Waals surface area contributed by atoms with Crippen LogP contribution in [0.5, 0.6) is 0 Å². The molecule has 0 unspecified atom stereocenters. The van der Waals surface area contributed by atoms with Crippen molar-refractivity contribution in [2.45, 2.75) is 40.5 Å². The van der Waals surface area contributed by atoms with Crippen LogP contribution in [0.15, 0.2) is 0 Å². The lowest BCUT2D eigenvalue weighted by molar-refractivity contribution is 0.555. The van der Waals surface area contributed by atoms with E-state index in [2.05, 4.69) is 34.1 Å². The Kier molecular flexibility index (Phi) is 4.84. The summed E-state index contributed by atoms with van der Waals surface area (Å²) in [7, 11) is 0. The molecule has 1 radical (unpaired) electrons. The van der Waals surface area contributed by atoms with Crippen LogP contribution in [0.4, 0.5) is 0 Å². The lowest BCUT2D eigenvalue weighted by Crippen LogP contribution is -1.92. The molecule has 9 heavy (non-hydrogen) atoms. The van der Waals surface area contributed by atoms with E-state index in [-0.39, 0.29) is 0 Å². The molecule has 0 aliphatic rings. The highest BCUT2D eigenvalue weighted by Gasteiger charge is 1.96. The lowest BCUT2D eigenvalue weighted by atomic mass is 10.0. The van der Waals surface area contributed by atoms with Crippen molar-refractivity contribution in [3.63, 3.8) is 0 Å². The molecule has 0 N–H and O–H groups in total. The van der Waals surface area contributed by atoms with Crippen molar-refractivity contribution >= 4 is 0 Å². The van der Waals surface area contributed by atoms with E-state index >= 15 is 0 Å². The zero-order valence-electron chi connectivity index (χ0n) is 7.15. The highest BCUT2D eigenvalue weighted by atomic mass is 14.0. The molecule has 0 aromatic heterocycles. The van der Waals surface area contributed by atoms with Crippen LogP contribution in [0.3, 0.4) is 0 Å². The average Bonchev–Trinajstić information content (AvgIpc) is 1.63. The predicted molar refractivity (Wildman–Crippen MR) is 43.2 cm³/mol. The Labute approximate surface area is 59.7 Å². The van der Waals surface area contributed by atoms with E-state index in [1.165, 1.54) is 12.8 Å². The van der Waals surface area contributed by atoms with Crippen LogP contribution >= 0.6 is 0 Å². The second kappa shape index (κ2) is 4.84. The minimum Gasteiger partial charge on any atom is -0.0628 e. The average molecular weight is 127 g/mol. The van der Waals surface area contributed by atoms with Crippen molar-refractivity contribution in [3.8, 4) is 0 Å². The quantitative estimate of drug-likeness (QED) is 0.543. The Morgan fingerprint density at radius 3 is 2.00 bits per heavy atom. The second-order valence-corrected chi connectivity index (χ2v) is 3.45. The fourth-order valence-corrected chi connectivity index (χ4v) is 0.763. The molecule has 0 aliphatic heterocycles. The summed E-state index contributed by atoms with van der Waals surface area (Å²) in [5, 5.41) is 0. The Hall–Kier alpha value is 0. The van der Waals surface area contributed by atoms with Crippen LogP contribution in [0.2, 0.25) is 0 Å². The van der Waals surface area contributed by atoms with Crippen LogP contribution in [0.1, 0.15) is 40.5 Å². The van der Waals surface area contributed by atoms with Gasteiger partial charge in [-0.1, -0.05) is 34.1 Å². The lowest BCUT2D eigenvalue weighted by Gasteiger charge is -2.05. The van der Waals surface area contributed by atoms with Crippen LogP contribution in [-0.2, 0) is 0 Å². The maximum absolute atomic E-state index is 2.39. The van der Waals surface area contributed by atoms with Crippen LogP contribution in [-0.4, -0.2) is 0 Å². The first-order valence-corrected chi connectivity index (χ1v) is 3.96. The summed E-state index contributed by atoms with van der Waals surface area (Å²) in [6.45, 7) is 9.02. The first-order chi connectivity index (χ1) is 4.13. The van der Waals surface area contributed by atoms with E-state index < -0.39 is 0 Å². The van der Waals surface area contributed by atoms with Gasteiger partial charge >= 0.3 is 0 Å². The highest BCUT2D eigenvalue weighted by molar-refractivity contribution is 4.68. The number of hydrogen-bond donors (Lipinski definition) is 0. The molecular weight excluding hydrogens is 108 g/mol. The Balaban J connectivity index is 2.91. The molecule has 0 atom stereocenters. The van der Waals surface area contributed by atoms with E-state index in [0.717, 1.165) is 11.8 Å². The summed E-state index contributed by atoms with van der Waals surface area (Å²) in [4.78, 5) is 0. The van der Waals surface area contributed by atoms with Gasteiger partial charge in [0.15, 0.2) is 0 Å². The maximum atomic E-state index is 2.39. The minimum atomic E-state index is 0.767. The number of hydrogen-bond acceptors (Lipinski definition) is 0. The van der Waals surface area contributed by atoms with Gasteiger partial charge in [0.2, 0.25) is 0 Å². The highest BCUT2D eigenvalue weighted by Crippen LogP contribution is 2.09. The van der Waals surface area contributed by atoms with Gasteiger partial charge in [0.25, 0.3) is 0 Å². The van der Waals surface area contributed by atoms with E-state index in [4.69, 9.17) is 0 Å². The van der Waals surface area contributed by atoms with Crippen molar-refractivity contribution in [2.24, 2.45) is 11.8 Å². The summed E-state index contributed by atoms with van der Waals surface area (Å²) in [5.41, 5.74) is 0. The molecule has 0 heterocycles. The molecule has 0 nitrogen and oxygen atoms in total. The molecule has 0 aromatic carbocycles. The zero-order valence-corrected chi connectivity index (χ0v) is 7.15. The van der Waals surface area contributed by atoms with Gasteiger partial charge in [0.1, 0.15) is 0 Å². The van der Waals surface area contributed by atoms with Crippen LogP contribution in [0.25, 0.3) is 0 Å². The molecule has 0 spiro atoms. The Morgan fingerprint density at radius 2 is 1.67 bits per heavy atom. The fourth-order valence-electron chi connectivity index (χ4n) is 0.763. The third-order valence-corrected chi connectivity index (χ3v) is 1.38. The van der Waals surface area contributed by atoms with Crippen molar-refractivity contribution in [1.29, 1.82) is 0 Å². The minimum absolute atomic E-state index is 0.767.